The van der Waals surface area contributed by atoms with Crippen molar-refractivity contribution >= 4 is 6.08 Å². The van der Waals surface area contributed by atoms with Crippen LogP contribution in [0.15, 0.2) is 76.9 Å². The molecule has 2 aliphatic rings. The summed E-state index contributed by atoms with van der Waals surface area (Å²) in [6.45, 7) is -0.350. The number of nitrogens with zero attached hydrogens (tertiary/aromatic N) is 1. The molecule has 34 heavy (non-hydrogen) atoms. The third kappa shape index (κ3) is 4.26. The summed E-state index contributed by atoms with van der Waals surface area (Å²) in [4.78, 5) is 0. The fourth-order valence-electron chi connectivity index (χ4n) is 4.08. The van der Waals surface area contributed by atoms with Gasteiger partial charge in [0.2, 0.25) is 5.88 Å². The Kier molecular flexibility index (Phi) is 5.91. The first-order valence-electron chi connectivity index (χ1n) is 9.94. The first-order valence-corrected chi connectivity index (χ1v) is 9.94. The van der Waals surface area contributed by atoms with Gasteiger partial charge < -0.3 is 15.2 Å². The Morgan fingerprint density at radius 1 is 0.912 bits per heavy atom. The van der Waals surface area contributed by atoms with Gasteiger partial charge in [-0.15, -0.1) is 0 Å². The zero-order chi connectivity index (χ0) is 24.7. The molecule has 0 amide bonds. The number of allylic oxidation sites excluding steroid dienone is 1. The highest BCUT2D eigenvalue weighted by atomic mass is 19.4. The molecule has 4 nitrogen and oxygen atoms in total. The number of nitrogens with two attached hydrogens (primary N) is 1. The molecular weight excluding hydrogens is 462 g/mol. The Morgan fingerprint density at radius 2 is 1.53 bits per heavy atom. The average molecular weight is 478 g/mol. The second-order valence-corrected chi connectivity index (χ2v) is 7.61. The summed E-state index contributed by atoms with van der Waals surface area (Å²) in [7, 11) is 0. The zero-order valence-electron chi connectivity index (χ0n) is 17.3. The number of halogens is 6. The van der Waals surface area contributed by atoms with E-state index in [4.69, 9.17) is 15.2 Å². The van der Waals surface area contributed by atoms with E-state index in [-0.39, 0.29) is 46.8 Å². The van der Waals surface area contributed by atoms with Crippen LogP contribution >= 0.6 is 0 Å². The highest BCUT2D eigenvalue weighted by molar-refractivity contribution is 5.65. The maximum atomic E-state index is 13.7. The Labute approximate surface area is 190 Å². The molecule has 0 saturated heterocycles. The molecule has 0 saturated carbocycles. The van der Waals surface area contributed by atoms with Gasteiger partial charge in [-0.1, -0.05) is 36.4 Å². The van der Waals surface area contributed by atoms with Gasteiger partial charge in [-0.25, -0.2) is 0 Å². The maximum Gasteiger partial charge on any atom is 0.416 e. The van der Waals surface area contributed by atoms with E-state index in [1.54, 1.807) is 0 Å². The van der Waals surface area contributed by atoms with E-state index < -0.39 is 35.3 Å². The van der Waals surface area contributed by atoms with Crippen molar-refractivity contribution < 1.29 is 35.8 Å². The summed E-state index contributed by atoms with van der Waals surface area (Å²) in [5.41, 5.74) is 3.73. The van der Waals surface area contributed by atoms with Crippen LogP contribution in [0.4, 0.5) is 26.3 Å². The molecule has 0 radical (unpaired) electrons. The molecule has 0 spiro atoms. The Balaban J connectivity index is 1.91. The van der Waals surface area contributed by atoms with Crippen molar-refractivity contribution in [3.8, 4) is 6.07 Å². The topological polar surface area (TPSA) is 68.3 Å². The van der Waals surface area contributed by atoms with Crippen molar-refractivity contribution in [3.05, 3.63) is 99.1 Å². The van der Waals surface area contributed by atoms with E-state index in [1.807, 2.05) is 6.07 Å². The van der Waals surface area contributed by atoms with Gasteiger partial charge in [0.1, 0.15) is 17.4 Å². The summed E-state index contributed by atoms with van der Waals surface area (Å²) in [5, 5.41) is 9.65. The van der Waals surface area contributed by atoms with Crippen molar-refractivity contribution in [1.29, 1.82) is 5.26 Å². The Bertz CT molecular complexity index is 1270. The molecule has 4 rings (SSSR count). The van der Waals surface area contributed by atoms with Gasteiger partial charge in [0, 0.05) is 11.1 Å². The molecule has 0 aliphatic carbocycles. The fourth-order valence-corrected chi connectivity index (χ4v) is 4.08. The summed E-state index contributed by atoms with van der Waals surface area (Å²) in [6.07, 6.45) is -8.14. The quantitative estimate of drug-likeness (QED) is 0.546. The minimum Gasteiger partial charge on any atom is -0.440 e. The molecule has 0 bridgehead atoms. The molecule has 2 heterocycles. The number of nitriles is 1. The van der Waals surface area contributed by atoms with Gasteiger partial charge in [0.25, 0.3) is 0 Å². The van der Waals surface area contributed by atoms with Crippen LogP contribution < -0.4 is 5.73 Å². The van der Waals surface area contributed by atoms with Gasteiger partial charge in [-0.3, -0.25) is 0 Å². The maximum absolute atomic E-state index is 13.7. The van der Waals surface area contributed by atoms with Gasteiger partial charge >= 0.3 is 12.4 Å². The van der Waals surface area contributed by atoms with Gasteiger partial charge in [-0.2, -0.15) is 31.6 Å². The predicted octanol–water partition coefficient (Wildman–Crippen LogP) is 5.90. The third-order valence-corrected chi connectivity index (χ3v) is 5.51. The van der Waals surface area contributed by atoms with Crippen LogP contribution in [0.2, 0.25) is 0 Å². The number of hydrogen-bond acceptors (Lipinski definition) is 4. The van der Waals surface area contributed by atoms with Gasteiger partial charge in [0.05, 0.1) is 30.3 Å². The van der Waals surface area contributed by atoms with Crippen LogP contribution in [0.25, 0.3) is 6.08 Å². The van der Waals surface area contributed by atoms with E-state index in [2.05, 4.69) is 0 Å². The highest BCUT2D eigenvalue weighted by Gasteiger charge is 2.42. The highest BCUT2D eigenvalue weighted by Crippen LogP contribution is 2.47. The molecule has 0 fully saturated rings. The lowest BCUT2D eigenvalue weighted by molar-refractivity contribution is -0.138. The summed E-state index contributed by atoms with van der Waals surface area (Å²) in [5.74, 6) is -1.66. The fraction of sp³-hybridized carbons (Fsp3) is 0.208. The smallest absolute Gasteiger partial charge is 0.416 e. The lowest BCUT2D eigenvalue weighted by Crippen LogP contribution is -2.29. The van der Waals surface area contributed by atoms with E-state index in [0.29, 0.717) is 0 Å². The van der Waals surface area contributed by atoms with E-state index in [9.17, 15) is 31.6 Å². The number of alkyl halides is 6. The standard InChI is InChI=1S/C24H16F6N2O2/c25-23(26,27)18-7-3-1-5-13(18)9-14-11-33-12-17-20(16(10-31)22(32)34-21(14)17)15-6-2-4-8-19(15)24(28,29)30/h1-9,20H,11-12,32H2/b14-9+/t20-/m0/s1. The first-order chi connectivity index (χ1) is 16.0. The summed E-state index contributed by atoms with van der Waals surface area (Å²) < 4.78 is 92.7. The van der Waals surface area contributed by atoms with E-state index in [0.717, 1.165) is 12.1 Å². The third-order valence-electron chi connectivity index (χ3n) is 5.51. The largest absolute Gasteiger partial charge is 0.440 e. The predicted molar refractivity (Wildman–Crippen MR) is 109 cm³/mol. The van der Waals surface area contributed by atoms with Crippen molar-refractivity contribution in [2.75, 3.05) is 13.2 Å². The molecule has 1 atom stereocenters. The lowest BCUT2D eigenvalue weighted by atomic mass is 9.79. The van der Waals surface area contributed by atoms with Crippen molar-refractivity contribution in [1.82, 2.24) is 0 Å². The van der Waals surface area contributed by atoms with Crippen molar-refractivity contribution in [3.63, 3.8) is 0 Å². The van der Waals surface area contributed by atoms with Crippen molar-refractivity contribution in [2.45, 2.75) is 18.3 Å². The second-order valence-electron chi connectivity index (χ2n) is 7.61. The van der Waals surface area contributed by atoms with E-state index in [1.165, 1.54) is 42.5 Å². The minimum atomic E-state index is -4.72. The molecule has 2 aromatic rings. The monoisotopic (exact) mass is 478 g/mol. The normalized spacial score (nSPS) is 20.1. The molecule has 0 unspecified atom stereocenters. The Hall–Kier alpha value is -3.71. The number of ether oxygens (including phenoxy) is 2. The molecule has 176 valence electrons. The Morgan fingerprint density at radius 3 is 2.18 bits per heavy atom. The molecular formula is C24H16F6N2O2. The van der Waals surface area contributed by atoms with Crippen LogP contribution in [0, 0.1) is 11.3 Å². The molecule has 0 aromatic heterocycles. The van der Waals surface area contributed by atoms with Gasteiger partial charge in [0.15, 0.2) is 0 Å². The van der Waals surface area contributed by atoms with Crippen LogP contribution in [0.1, 0.15) is 28.2 Å². The molecule has 2 aliphatic heterocycles. The molecule has 2 N–H and O–H groups in total. The zero-order valence-corrected chi connectivity index (χ0v) is 17.3. The summed E-state index contributed by atoms with van der Waals surface area (Å²) in [6, 6.07) is 11.4. The van der Waals surface area contributed by atoms with Gasteiger partial charge in [-0.05, 0) is 29.3 Å². The first kappa shape index (κ1) is 23.4. The SMILES string of the molecule is N#CC1=C(N)OC2=C(COC/C2=C\c2ccccc2C(F)(F)F)[C@H]1c1ccccc1C(F)(F)F. The van der Waals surface area contributed by atoms with Crippen LogP contribution in [0.3, 0.4) is 0 Å². The van der Waals surface area contributed by atoms with Crippen LogP contribution in [-0.4, -0.2) is 13.2 Å². The summed E-state index contributed by atoms with van der Waals surface area (Å²) >= 11 is 0. The second kappa shape index (κ2) is 8.57. The number of benzene rings is 2. The minimum absolute atomic E-state index is 0.00158. The lowest BCUT2D eigenvalue weighted by Gasteiger charge is -2.34. The molecule has 2 aromatic carbocycles. The van der Waals surface area contributed by atoms with Crippen molar-refractivity contribution in [2.24, 2.45) is 5.73 Å². The molecule has 10 heteroatoms. The van der Waals surface area contributed by atoms with Crippen LogP contribution in [-0.2, 0) is 21.8 Å². The van der Waals surface area contributed by atoms with E-state index >= 15 is 0 Å². The number of hydrogen-bond donors (Lipinski definition) is 1. The average Bonchev–Trinajstić information content (AvgIpc) is 2.78. The van der Waals surface area contributed by atoms with Crippen LogP contribution in [0.5, 0.6) is 0 Å². The number of rotatable bonds is 2.